The molecule has 0 heterocycles. The highest BCUT2D eigenvalue weighted by atomic mass is 79.9. The molecular formula is C13H14BrNO. The molecule has 0 fully saturated rings. The zero-order chi connectivity index (χ0) is 12.1. The van der Waals surface area contributed by atoms with Crippen molar-refractivity contribution in [1.29, 1.82) is 0 Å². The highest BCUT2D eigenvalue weighted by Gasteiger charge is 2.13. The van der Waals surface area contributed by atoms with E-state index < -0.39 is 0 Å². The SMILES string of the molecule is C#CC(CC)NC(=O)c1cccc(Br)c1C. The molecule has 1 unspecified atom stereocenters. The summed E-state index contributed by atoms with van der Waals surface area (Å²) in [4.78, 5) is 11.9. The normalized spacial score (nSPS) is 11.6. The maximum Gasteiger partial charge on any atom is 0.252 e. The first-order valence-electron chi connectivity index (χ1n) is 5.12. The third kappa shape index (κ3) is 2.86. The first kappa shape index (κ1) is 12.8. The predicted octanol–water partition coefficient (Wildman–Crippen LogP) is 2.90. The second-order valence-corrected chi connectivity index (χ2v) is 4.37. The van der Waals surface area contributed by atoms with Crippen molar-refractivity contribution in [2.24, 2.45) is 0 Å². The van der Waals surface area contributed by atoms with E-state index in [1.807, 2.05) is 26.0 Å². The second-order valence-electron chi connectivity index (χ2n) is 3.51. The minimum absolute atomic E-state index is 0.122. The molecule has 0 aliphatic heterocycles. The Labute approximate surface area is 105 Å². The smallest absolute Gasteiger partial charge is 0.252 e. The number of nitrogens with one attached hydrogen (secondary N) is 1. The molecule has 1 amide bonds. The van der Waals surface area contributed by atoms with Crippen LogP contribution in [0.3, 0.4) is 0 Å². The van der Waals surface area contributed by atoms with Crippen molar-refractivity contribution in [2.45, 2.75) is 26.3 Å². The second kappa shape index (κ2) is 5.72. The Morgan fingerprint density at radius 1 is 1.62 bits per heavy atom. The van der Waals surface area contributed by atoms with Crippen molar-refractivity contribution >= 4 is 21.8 Å². The van der Waals surface area contributed by atoms with Gasteiger partial charge in [0.05, 0.1) is 6.04 Å². The van der Waals surface area contributed by atoms with E-state index in [2.05, 4.69) is 27.2 Å². The summed E-state index contributed by atoms with van der Waals surface area (Å²) in [6, 6.07) is 5.33. The average molecular weight is 280 g/mol. The standard InChI is InChI=1S/C13H14BrNO/c1-4-10(5-2)15-13(16)11-7-6-8-12(14)9(11)3/h1,6-8,10H,5H2,2-3H3,(H,15,16). The highest BCUT2D eigenvalue weighted by molar-refractivity contribution is 9.10. The molecule has 1 aromatic carbocycles. The highest BCUT2D eigenvalue weighted by Crippen LogP contribution is 2.19. The summed E-state index contributed by atoms with van der Waals surface area (Å²) < 4.78 is 0.925. The van der Waals surface area contributed by atoms with E-state index in [4.69, 9.17) is 6.42 Å². The number of carbonyl (C=O) groups excluding carboxylic acids is 1. The minimum Gasteiger partial charge on any atom is -0.338 e. The number of carbonyl (C=O) groups is 1. The van der Waals surface area contributed by atoms with Crippen LogP contribution in [0.5, 0.6) is 0 Å². The molecule has 84 valence electrons. The third-order valence-electron chi connectivity index (χ3n) is 2.43. The molecule has 16 heavy (non-hydrogen) atoms. The molecule has 0 radical (unpaired) electrons. The van der Waals surface area contributed by atoms with Crippen LogP contribution >= 0.6 is 15.9 Å². The van der Waals surface area contributed by atoms with Gasteiger partial charge in [-0.2, -0.15) is 0 Å². The van der Waals surface area contributed by atoms with Gasteiger partial charge in [0, 0.05) is 10.0 Å². The Morgan fingerprint density at radius 3 is 2.88 bits per heavy atom. The summed E-state index contributed by atoms with van der Waals surface area (Å²) >= 11 is 3.39. The van der Waals surface area contributed by atoms with Gasteiger partial charge in [-0.3, -0.25) is 4.79 Å². The van der Waals surface area contributed by atoms with Gasteiger partial charge in [0.1, 0.15) is 0 Å². The van der Waals surface area contributed by atoms with E-state index in [0.29, 0.717) is 5.56 Å². The van der Waals surface area contributed by atoms with E-state index >= 15 is 0 Å². The number of terminal acetylenes is 1. The molecule has 1 rings (SSSR count). The minimum atomic E-state index is -0.203. The summed E-state index contributed by atoms with van der Waals surface area (Å²) in [6.07, 6.45) is 6.04. The zero-order valence-corrected chi connectivity index (χ0v) is 11.0. The molecule has 0 saturated heterocycles. The number of benzene rings is 1. The van der Waals surface area contributed by atoms with Crippen LogP contribution in [0, 0.1) is 19.3 Å². The van der Waals surface area contributed by atoms with Gasteiger partial charge in [-0.25, -0.2) is 0 Å². The molecule has 3 heteroatoms. The molecule has 0 saturated carbocycles. The van der Waals surface area contributed by atoms with Gasteiger partial charge in [0.15, 0.2) is 0 Å². The number of hydrogen-bond acceptors (Lipinski definition) is 1. The molecule has 1 N–H and O–H groups in total. The maximum absolute atomic E-state index is 11.9. The fraction of sp³-hybridized carbons (Fsp3) is 0.308. The first-order chi connectivity index (χ1) is 7.60. The van der Waals surface area contributed by atoms with Crippen LogP contribution in [-0.2, 0) is 0 Å². The summed E-state index contributed by atoms with van der Waals surface area (Å²) in [5.74, 6) is 2.42. The molecule has 1 aromatic rings. The largest absolute Gasteiger partial charge is 0.338 e. The lowest BCUT2D eigenvalue weighted by molar-refractivity contribution is 0.0944. The summed E-state index contributed by atoms with van der Waals surface area (Å²) in [6.45, 7) is 3.84. The zero-order valence-electron chi connectivity index (χ0n) is 9.38. The van der Waals surface area contributed by atoms with Gasteiger partial charge in [0.25, 0.3) is 5.91 Å². The van der Waals surface area contributed by atoms with Crippen LogP contribution in [-0.4, -0.2) is 11.9 Å². The first-order valence-corrected chi connectivity index (χ1v) is 5.91. The average Bonchev–Trinajstić information content (AvgIpc) is 2.29. The van der Waals surface area contributed by atoms with Gasteiger partial charge < -0.3 is 5.32 Å². The van der Waals surface area contributed by atoms with E-state index in [1.54, 1.807) is 6.07 Å². The topological polar surface area (TPSA) is 29.1 Å². The quantitative estimate of drug-likeness (QED) is 0.847. The molecule has 1 atom stereocenters. The van der Waals surface area contributed by atoms with Crippen molar-refractivity contribution in [2.75, 3.05) is 0 Å². The number of hydrogen-bond donors (Lipinski definition) is 1. The van der Waals surface area contributed by atoms with Gasteiger partial charge in [-0.05, 0) is 31.0 Å². The van der Waals surface area contributed by atoms with Crippen molar-refractivity contribution < 1.29 is 4.79 Å². The lowest BCUT2D eigenvalue weighted by Gasteiger charge is -2.12. The van der Waals surface area contributed by atoms with Crippen LogP contribution in [0.4, 0.5) is 0 Å². The van der Waals surface area contributed by atoms with E-state index in [-0.39, 0.29) is 11.9 Å². The van der Waals surface area contributed by atoms with Crippen molar-refractivity contribution in [1.82, 2.24) is 5.32 Å². The van der Waals surface area contributed by atoms with Crippen molar-refractivity contribution in [3.05, 3.63) is 33.8 Å². The van der Waals surface area contributed by atoms with E-state index in [0.717, 1.165) is 16.5 Å². The molecule has 0 aliphatic rings. The fourth-order valence-electron chi connectivity index (χ4n) is 1.35. The number of amides is 1. The lowest BCUT2D eigenvalue weighted by Crippen LogP contribution is -2.33. The van der Waals surface area contributed by atoms with Crippen LogP contribution in [0.2, 0.25) is 0 Å². The summed E-state index contributed by atoms with van der Waals surface area (Å²) in [7, 11) is 0. The Kier molecular flexibility index (Phi) is 4.57. The van der Waals surface area contributed by atoms with Crippen LogP contribution < -0.4 is 5.32 Å². The lowest BCUT2D eigenvalue weighted by atomic mass is 10.1. The number of rotatable bonds is 3. The van der Waals surface area contributed by atoms with Gasteiger partial charge in [-0.15, -0.1) is 6.42 Å². The van der Waals surface area contributed by atoms with E-state index in [9.17, 15) is 4.79 Å². The van der Waals surface area contributed by atoms with E-state index in [1.165, 1.54) is 0 Å². The molecule has 0 aliphatic carbocycles. The Hall–Kier alpha value is -1.27. The van der Waals surface area contributed by atoms with Gasteiger partial charge in [0.2, 0.25) is 0 Å². The Balaban J connectivity index is 2.90. The number of halogens is 1. The van der Waals surface area contributed by atoms with Gasteiger partial charge in [-0.1, -0.05) is 34.8 Å². The van der Waals surface area contributed by atoms with Crippen LogP contribution in [0.25, 0.3) is 0 Å². The summed E-state index contributed by atoms with van der Waals surface area (Å²) in [5.41, 5.74) is 1.58. The van der Waals surface area contributed by atoms with Crippen LogP contribution in [0.1, 0.15) is 29.3 Å². The Bertz CT molecular complexity index is 434. The Morgan fingerprint density at radius 2 is 2.31 bits per heavy atom. The molecular weight excluding hydrogens is 266 g/mol. The third-order valence-corrected chi connectivity index (χ3v) is 3.29. The fourth-order valence-corrected chi connectivity index (χ4v) is 1.72. The summed E-state index contributed by atoms with van der Waals surface area (Å²) in [5, 5.41) is 2.80. The maximum atomic E-state index is 11.9. The molecule has 0 bridgehead atoms. The predicted molar refractivity (Wildman–Crippen MR) is 69.3 cm³/mol. The van der Waals surface area contributed by atoms with Crippen molar-refractivity contribution in [3.63, 3.8) is 0 Å². The molecule has 0 aromatic heterocycles. The molecule has 2 nitrogen and oxygen atoms in total. The van der Waals surface area contributed by atoms with Crippen LogP contribution in [0.15, 0.2) is 22.7 Å². The van der Waals surface area contributed by atoms with Gasteiger partial charge >= 0.3 is 0 Å². The molecule has 0 spiro atoms. The van der Waals surface area contributed by atoms with Crippen molar-refractivity contribution in [3.8, 4) is 12.3 Å². The monoisotopic (exact) mass is 279 g/mol.